The molecule has 0 fully saturated rings. The molecule has 0 amide bonds. The van der Waals surface area contributed by atoms with Crippen LogP contribution in [0.4, 0.5) is 4.39 Å². The average molecular weight is 315 g/mol. The largest absolute Gasteiger partial charge is 0.260 e. The predicted octanol–water partition coefficient (Wildman–Crippen LogP) is 4.38. The molecule has 0 bridgehead atoms. The van der Waals surface area contributed by atoms with Crippen molar-refractivity contribution in [1.29, 1.82) is 0 Å². The van der Waals surface area contributed by atoms with Crippen LogP contribution < -0.4 is 0 Å². The summed E-state index contributed by atoms with van der Waals surface area (Å²) in [5.74, 6) is 0.461. The van der Waals surface area contributed by atoms with Crippen LogP contribution >= 0.6 is 23.1 Å². The van der Waals surface area contributed by atoms with Crippen molar-refractivity contribution < 1.29 is 4.39 Å². The first-order valence-corrected chi connectivity index (χ1v) is 8.21. The van der Waals surface area contributed by atoms with Gasteiger partial charge in [0.15, 0.2) is 5.16 Å². The molecular formula is C15H10FN3S2. The first kappa shape index (κ1) is 12.8. The average Bonchev–Trinajstić information content (AvgIpc) is 3.04. The number of hydrogen-bond donors (Lipinski definition) is 0. The molecule has 4 rings (SSSR count). The highest BCUT2D eigenvalue weighted by molar-refractivity contribution is 7.98. The lowest BCUT2D eigenvalue weighted by atomic mass is 10.2. The molecule has 0 aliphatic heterocycles. The van der Waals surface area contributed by atoms with Crippen molar-refractivity contribution in [2.24, 2.45) is 0 Å². The van der Waals surface area contributed by atoms with Crippen LogP contribution in [-0.2, 0) is 5.75 Å². The SMILES string of the molecule is Fc1cccc(CSc2nnc3sc4ccccc4n23)c1. The quantitative estimate of drug-likeness (QED) is 0.526. The fourth-order valence-electron chi connectivity index (χ4n) is 2.22. The van der Waals surface area contributed by atoms with Gasteiger partial charge in [-0.15, -0.1) is 10.2 Å². The molecule has 4 aromatic rings. The Morgan fingerprint density at radius 3 is 2.90 bits per heavy atom. The zero-order valence-electron chi connectivity index (χ0n) is 10.9. The van der Waals surface area contributed by atoms with Gasteiger partial charge < -0.3 is 0 Å². The van der Waals surface area contributed by atoms with Crippen LogP contribution in [0.25, 0.3) is 15.2 Å². The highest BCUT2D eigenvalue weighted by atomic mass is 32.2. The Labute approximate surface area is 128 Å². The van der Waals surface area contributed by atoms with Crippen LogP contribution in [-0.4, -0.2) is 14.6 Å². The van der Waals surface area contributed by atoms with E-state index in [0.717, 1.165) is 21.2 Å². The maximum atomic E-state index is 13.2. The lowest BCUT2D eigenvalue weighted by molar-refractivity contribution is 0.626. The van der Waals surface area contributed by atoms with Gasteiger partial charge in [-0.2, -0.15) is 0 Å². The molecule has 0 saturated heterocycles. The Hall–Kier alpha value is -1.92. The summed E-state index contributed by atoms with van der Waals surface area (Å²) in [7, 11) is 0. The third-order valence-electron chi connectivity index (χ3n) is 3.17. The smallest absolute Gasteiger partial charge is 0.217 e. The van der Waals surface area contributed by atoms with Gasteiger partial charge in [0, 0.05) is 5.75 Å². The predicted molar refractivity (Wildman–Crippen MR) is 84.3 cm³/mol. The van der Waals surface area contributed by atoms with E-state index in [4.69, 9.17) is 0 Å². The topological polar surface area (TPSA) is 30.2 Å². The van der Waals surface area contributed by atoms with E-state index in [0.29, 0.717) is 5.75 Å². The van der Waals surface area contributed by atoms with E-state index in [1.54, 1.807) is 35.2 Å². The third-order valence-corrected chi connectivity index (χ3v) is 5.18. The molecule has 0 unspecified atom stereocenters. The normalized spacial score (nSPS) is 11.5. The number of thioether (sulfide) groups is 1. The highest BCUT2D eigenvalue weighted by Crippen LogP contribution is 2.30. The van der Waals surface area contributed by atoms with Crippen molar-refractivity contribution in [1.82, 2.24) is 14.6 Å². The first-order chi connectivity index (χ1) is 10.3. The molecular weight excluding hydrogens is 305 g/mol. The second-order valence-corrected chi connectivity index (χ2v) is 6.54. The number of halogens is 1. The Morgan fingerprint density at radius 1 is 1.10 bits per heavy atom. The van der Waals surface area contributed by atoms with E-state index in [1.807, 2.05) is 18.2 Å². The maximum absolute atomic E-state index is 13.2. The Bertz CT molecular complexity index is 929. The maximum Gasteiger partial charge on any atom is 0.217 e. The number of rotatable bonds is 3. The van der Waals surface area contributed by atoms with Gasteiger partial charge in [0.2, 0.25) is 4.96 Å². The van der Waals surface area contributed by atoms with Crippen molar-refractivity contribution in [3.63, 3.8) is 0 Å². The Balaban J connectivity index is 1.70. The standard InChI is InChI=1S/C15H10FN3S2/c16-11-5-3-4-10(8-11)9-20-14-17-18-15-19(14)12-6-1-2-7-13(12)21-15/h1-8H,9H2. The van der Waals surface area contributed by atoms with E-state index in [1.165, 1.54) is 10.8 Å². The van der Waals surface area contributed by atoms with Crippen LogP contribution in [0.2, 0.25) is 0 Å². The fourth-order valence-corrected chi connectivity index (χ4v) is 4.13. The second-order valence-electron chi connectivity index (χ2n) is 4.59. The molecule has 3 nitrogen and oxygen atoms in total. The number of para-hydroxylation sites is 1. The van der Waals surface area contributed by atoms with Gasteiger partial charge in [0.1, 0.15) is 5.82 Å². The van der Waals surface area contributed by atoms with Crippen LogP contribution in [0.15, 0.2) is 53.7 Å². The molecule has 0 aliphatic carbocycles. The Kier molecular flexibility index (Phi) is 3.12. The molecule has 0 atom stereocenters. The second kappa shape index (κ2) is 5.13. The van der Waals surface area contributed by atoms with Gasteiger partial charge >= 0.3 is 0 Å². The summed E-state index contributed by atoms with van der Waals surface area (Å²) in [4.78, 5) is 0.887. The van der Waals surface area contributed by atoms with E-state index < -0.39 is 0 Å². The lowest BCUT2D eigenvalue weighted by Crippen LogP contribution is -1.87. The molecule has 6 heteroatoms. The van der Waals surface area contributed by atoms with Crippen LogP contribution in [0, 0.1) is 5.82 Å². The van der Waals surface area contributed by atoms with Gasteiger partial charge in [-0.3, -0.25) is 4.40 Å². The summed E-state index contributed by atoms with van der Waals surface area (Å²) in [6.07, 6.45) is 0. The molecule has 0 spiro atoms. The van der Waals surface area contributed by atoms with Gasteiger partial charge in [-0.05, 0) is 29.8 Å². The number of thiazole rings is 1. The van der Waals surface area contributed by atoms with E-state index in [9.17, 15) is 4.39 Å². The monoisotopic (exact) mass is 315 g/mol. The molecule has 2 aromatic heterocycles. The molecule has 0 N–H and O–H groups in total. The van der Waals surface area contributed by atoms with Crippen LogP contribution in [0.5, 0.6) is 0 Å². The summed E-state index contributed by atoms with van der Waals surface area (Å²) in [6.45, 7) is 0. The van der Waals surface area contributed by atoms with Gasteiger partial charge in [0.05, 0.1) is 10.2 Å². The molecule has 0 aliphatic rings. The van der Waals surface area contributed by atoms with E-state index in [2.05, 4.69) is 26.7 Å². The van der Waals surface area contributed by atoms with Crippen LogP contribution in [0.3, 0.4) is 0 Å². The summed E-state index contributed by atoms with van der Waals surface area (Å²) in [5, 5.41) is 9.30. The third kappa shape index (κ3) is 2.30. The molecule has 2 aromatic carbocycles. The van der Waals surface area contributed by atoms with Crippen LogP contribution in [0.1, 0.15) is 5.56 Å². The number of aromatic nitrogens is 3. The van der Waals surface area contributed by atoms with Gasteiger partial charge in [-0.1, -0.05) is 47.4 Å². The lowest BCUT2D eigenvalue weighted by Gasteiger charge is -2.00. The van der Waals surface area contributed by atoms with E-state index >= 15 is 0 Å². The minimum Gasteiger partial charge on any atom is -0.260 e. The summed E-state index contributed by atoms with van der Waals surface area (Å²) in [5.41, 5.74) is 2.06. The van der Waals surface area contributed by atoms with Crippen molar-refractivity contribution in [2.45, 2.75) is 10.9 Å². The number of nitrogens with zero attached hydrogens (tertiary/aromatic N) is 3. The molecule has 0 radical (unpaired) electrons. The highest BCUT2D eigenvalue weighted by Gasteiger charge is 2.12. The summed E-state index contributed by atoms with van der Waals surface area (Å²) < 4.78 is 16.5. The van der Waals surface area contributed by atoms with Gasteiger partial charge in [-0.25, -0.2) is 4.39 Å². The molecule has 2 heterocycles. The number of benzene rings is 2. The minimum absolute atomic E-state index is 0.208. The summed E-state index contributed by atoms with van der Waals surface area (Å²) >= 11 is 3.19. The van der Waals surface area contributed by atoms with E-state index in [-0.39, 0.29) is 5.82 Å². The first-order valence-electron chi connectivity index (χ1n) is 6.41. The summed E-state index contributed by atoms with van der Waals surface area (Å²) in [6, 6.07) is 14.8. The van der Waals surface area contributed by atoms with Crippen molar-refractivity contribution in [2.75, 3.05) is 0 Å². The number of hydrogen-bond acceptors (Lipinski definition) is 4. The molecule has 104 valence electrons. The van der Waals surface area contributed by atoms with Gasteiger partial charge in [0.25, 0.3) is 0 Å². The zero-order chi connectivity index (χ0) is 14.2. The van der Waals surface area contributed by atoms with Crippen molar-refractivity contribution >= 4 is 38.3 Å². The Morgan fingerprint density at radius 2 is 2.00 bits per heavy atom. The molecule has 21 heavy (non-hydrogen) atoms. The number of fused-ring (bicyclic) bond motifs is 3. The van der Waals surface area contributed by atoms with Crippen molar-refractivity contribution in [3.05, 3.63) is 59.9 Å². The van der Waals surface area contributed by atoms with Crippen molar-refractivity contribution in [3.8, 4) is 0 Å². The fraction of sp³-hybridized carbons (Fsp3) is 0.0667. The molecule has 0 saturated carbocycles. The minimum atomic E-state index is -0.208. The zero-order valence-corrected chi connectivity index (χ0v) is 12.5.